The summed E-state index contributed by atoms with van der Waals surface area (Å²) in [6.45, 7) is -0.0570. The topological polar surface area (TPSA) is 60.3 Å². The lowest BCUT2D eigenvalue weighted by molar-refractivity contribution is -0.123. The number of aryl methyl sites for hydroxylation is 1. The van der Waals surface area contributed by atoms with Gasteiger partial charge in [0.25, 0.3) is 11.5 Å². The summed E-state index contributed by atoms with van der Waals surface area (Å²) in [6.07, 6.45) is 1.65. The number of hydrogen-bond donors (Lipinski definition) is 1. The molecule has 116 valence electrons. The predicted octanol–water partition coefficient (Wildman–Crippen LogP) is 2.39. The van der Waals surface area contributed by atoms with Crippen LogP contribution in [0.5, 0.6) is 5.75 Å². The molecule has 5 nitrogen and oxygen atoms in total. The van der Waals surface area contributed by atoms with Crippen molar-refractivity contribution in [3.05, 3.63) is 62.5 Å². The second-order valence-corrected chi connectivity index (χ2v) is 5.43. The maximum absolute atomic E-state index is 11.8. The van der Waals surface area contributed by atoms with Crippen LogP contribution in [0.2, 0.25) is 10.0 Å². The first kappa shape index (κ1) is 16.4. The Kier molecular flexibility index (Phi) is 5.46. The lowest BCUT2D eigenvalue weighted by atomic mass is 10.3. The van der Waals surface area contributed by atoms with Gasteiger partial charge in [0, 0.05) is 30.4 Å². The van der Waals surface area contributed by atoms with Crippen LogP contribution in [0.3, 0.4) is 0 Å². The first-order valence-electron chi connectivity index (χ1n) is 6.46. The van der Waals surface area contributed by atoms with Gasteiger partial charge in [-0.1, -0.05) is 29.3 Å². The Hall–Kier alpha value is -1.98. The first-order valence-corrected chi connectivity index (χ1v) is 7.22. The number of nitrogens with zero attached hydrogens (tertiary/aromatic N) is 1. The van der Waals surface area contributed by atoms with E-state index in [4.69, 9.17) is 27.9 Å². The van der Waals surface area contributed by atoms with E-state index in [-0.39, 0.29) is 24.6 Å². The second kappa shape index (κ2) is 7.33. The van der Waals surface area contributed by atoms with Crippen LogP contribution >= 0.6 is 23.2 Å². The van der Waals surface area contributed by atoms with Crippen LogP contribution in [0.4, 0.5) is 0 Å². The van der Waals surface area contributed by atoms with Crippen LogP contribution in [-0.4, -0.2) is 17.1 Å². The van der Waals surface area contributed by atoms with E-state index in [2.05, 4.69) is 5.32 Å². The van der Waals surface area contributed by atoms with E-state index in [0.717, 1.165) is 0 Å². The van der Waals surface area contributed by atoms with Gasteiger partial charge in [-0.25, -0.2) is 0 Å². The number of carbonyl (C=O) groups excluding carboxylic acids is 1. The van der Waals surface area contributed by atoms with Gasteiger partial charge in [-0.15, -0.1) is 0 Å². The molecule has 0 saturated carbocycles. The van der Waals surface area contributed by atoms with Crippen molar-refractivity contribution >= 4 is 29.1 Å². The summed E-state index contributed by atoms with van der Waals surface area (Å²) in [5.41, 5.74) is 0.354. The number of ether oxygens (including phenoxy) is 1. The van der Waals surface area contributed by atoms with Crippen molar-refractivity contribution in [3.8, 4) is 5.75 Å². The van der Waals surface area contributed by atoms with Gasteiger partial charge >= 0.3 is 0 Å². The van der Waals surface area contributed by atoms with Gasteiger partial charge in [0.1, 0.15) is 5.75 Å². The van der Waals surface area contributed by atoms with E-state index in [9.17, 15) is 9.59 Å². The number of nitrogens with one attached hydrogen (secondary N) is 1. The van der Waals surface area contributed by atoms with E-state index in [1.54, 1.807) is 37.5 Å². The third-order valence-electron chi connectivity index (χ3n) is 2.93. The Morgan fingerprint density at radius 2 is 2.09 bits per heavy atom. The van der Waals surface area contributed by atoms with E-state index < -0.39 is 0 Å². The monoisotopic (exact) mass is 340 g/mol. The zero-order valence-electron chi connectivity index (χ0n) is 11.8. The van der Waals surface area contributed by atoms with Crippen molar-refractivity contribution in [2.24, 2.45) is 7.05 Å². The molecule has 2 rings (SSSR count). The lowest BCUT2D eigenvalue weighted by Crippen LogP contribution is -2.31. The van der Waals surface area contributed by atoms with E-state index in [0.29, 0.717) is 21.4 Å². The Morgan fingerprint density at radius 3 is 2.82 bits per heavy atom. The minimum atomic E-state index is -0.350. The minimum Gasteiger partial charge on any atom is -0.482 e. The summed E-state index contributed by atoms with van der Waals surface area (Å²) in [7, 11) is 1.65. The molecular weight excluding hydrogens is 327 g/mol. The second-order valence-electron chi connectivity index (χ2n) is 4.59. The third kappa shape index (κ3) is 4.26. The highest BCUT2D eigenvalue weighted by atomic mass is 35.5. The van der Waals surface area contributed by atoms with E-state index in [1.165, 1.54) is 10.6 Å². The molecule has 7 heteroatoms. The van der Waals surface area contributed by atoms with Crippen LogP contribution in [0.1, 0.15) is 5.56 Å². The molecule has 0 unspecified atom stereocenters. The molecule has 22 heavy (non-hydrogen) atoms. The van der Waals surface area contributed by atoms with Gasteiger partial charge in [-0.05, 0) is 24.3 Å². The number of carbonyl (C=O) groups is 1. The van der Waals surface area contributed by atoms with Gasteiger partial charge in [-0.2, -0.15) is 0 Å². The summed E-state index contributed by atoms with van der Waals surface area (Å²) in [4.78, 5) is 23.5. The number of aromatic nitrogens is 1. The van der Waals surface area contributed by atoms with Gasteiger partial charge in [-0.3, -0.25) is 9.59 Å². The van der Waals surface area contributed by atoms with Crippen molar-refractivity contribution in [2.45, 2.75) is 6.54 Å². The van der Waals surface area contributed by atoms with Gasteiger partial charge in [0.05, 0.1) is 5.02 Å². The van der Waals surface area contributed by atoms with Crippen LogP contribution in [0.15, 0.2) is 41.3 Å². The van der Waals surface area contributed by atoms with Crippen molar-refractivity contribution < 1.29 is 9.53 Å². The summed E-state index contributed by atoms with van der Waals surface area (Å²) in [5, 5.41) is 3.44. The molecule has 0 bridgehead atoms. The smallest absolute Gasteiger partial charge is 0.258 e. The number of hydrogen-bond acceptors (Lipinski definition) is 3. The van der Waals surface area contributed by atoms with Crippen molar-refractivity contribution in [2.75, 3.05) is 6.61 Å². The molecule has 0 aliphatic rings. The largest absolute Gasteiger partial charge is 0.482 e. The number of rotatable bonds is 5. The average molecular weight is 341 g/mol. The molecule has 1 heterocycles. The van der Waals surface area contributed by atoms with Gasteiger partial charge in [0.2, 0.25) is 0 Å². The lowest BCUT2D eigenvalue weighted by Gasteiger charge is -2.09. The molecule has 0 aliphatic heterocycles. The first-order chi connectivity index (χ1) is 10.5. The summed E-state index contributed by atoms with van der Waals surface area (Å²) < 4.78 is 6.76. The van der Waals surface area contributed by atoms with E-state index >= 15 is 0 Å². The number of pyridine rings is 1. The van der Waals surface area contributed by atoms with Crippen LogP contribution in [0.25, 0.3) is 0 Å². The van der Waals surface area contributed by atoms with Crippen molar-refractivity contribution in [1.82, 2.24) is 9.88 Å². The summed E-state index contributed by atoms with van der Waals surface area (Å²) in [5.74, 6) is 0.0220. The SMILES string of the molecule is Cn1cccc(CNC(=O)COc2ccc(Cl)cc2Cl)c1=O. The molecular formula is C15H14Cl2N2O3. The van der Waals surface area contributed by atoms with Crippen LogP contribution in [0, 0.1) is 0 Å². The molecule has 0 aliphatic carbocycles. The number of amides is 1. The molecule has 1 amide bonds. The fourth-order valence-electron chi connectivity index (χ4n) is 1.77. The Labute approximate surface area is 137 Å². The maximum atomic E-state index is 11.8. The maximum Gasteiger partial charge on any atom is 0.258 e. The highest BCUT2D eigenvalue weighted by Crippen LogP contribution is 2.27. The highest BCUT2D eigenvalue weighted by molar-refractivity contribution is 6.35. The average Bonchev–Trinajstić information content (AvgIpc) is 2.48. The quantitative estimate of drug-likeness (QED) is 0.908. The van der Waals surface area contributed by atoms with Crippen molar-refractivity contribution in [3.63, 3.8) is 0 Å². The standard InChI is InChI=1S/C15H14Cl2N2O3/c1-19-6-2-3-10(15(19)21)8-18-14(20)9-22-13-5-4-11(16)7-12(13)17/h2-7H,8-9H2,1H3,(H,18,20). The molecule has 0 saturated heterocycles. The minimum absolute atomic E-state index is 0.143. The molecule has 0 spiro atoms. The zero-order chi connectivity index (χ0) is 16.1. The van der Waals surface area contributed by atoms with Crippen LogP contribution in [-0.2, 0) is 18.4 Å². The molecule has 2 aromatic rings. The molecule has 1 aromatic carbocycles. The highest BCUT2D eigenvalue weighted by Gasteiger charge is 2.08. The fourth-order valence-corrected chi connectivity index (χ4v) is 2.23. The molecule has 0 radical (unpaired) electrons. The number of benzene rings is 1. The Bertz CT molecular complexity index is 744. The van der Waals surface area contributed by atoms with Gasteiger partial charge < -0.3 is 14.6 Å². The Morgan fingerprint density at radius 1 is 1.32 bits per heavy atom. The Balaban J connectivity index is 1.88. The predicted molar refractivity (Wildman–Crippen MR) is 85.5 cm³/mol. The number of halogens is 2. The van der Waals surface area contributed by atoms with E-state index in [1.807, 2.05) is 0 Å². The fraction of sp³-hybridized carbons (Fsp3) is 0.200. The molecule has 1 aromatic heterocycles. The summed E-state index contributed by atoms with van der Waals surface area (Å²) in [6, 6.07) is 8.15. The normalized spacial score (nSPS) is 10.3. The molecule has 1 N–H and O–H groups in total. The third-order valence-corrected chi connectivity index (χ3v) is 3.46. The van der Waals surface area contributed by atoms with Gasteiger partial charge in [0.15, 0.2) is 6.61 Å². The van der Waals surface area contributed by atoms with Crippen molar-refractivity contribution in [1.29, 1.82) is 0 Å². The van der Waals surface area contributed by atoms with Crippen LogP contribution < -0.4 is 15.6 Å². The summed E-state index contributed by atoms with van der Waals surface area (Å²) >= 11 is 11.7. The molecule has 0 fully saturated rings. The molecule has 0 atom stereocenters. The zero-order valence-corrected chi connectivity index (χ0v) is 13.3.